The average Bonchev–Trinajstić information content (AvgIpc) is 3.98. The molecule has 394 valence electrons. The van der Waals surface area contributed by atoms with Crippen LogP contribution in [0.1, 0.15) is 124 Å². The monoisotopic (exact) mass is 1040 g/mol. The molecule has 0 aromatic heterocycles. The number of sulfonamides is 2. The highest BCUT2D eigenvalue weighted by atomic mass is 32.2. The Morgan fingerprint density at radius 2 is 1.04 bits per heavy atom. The normalized spacial score (nSPS) is 19.6. The molecule has 0 saturated carbocycles. The van der Waals surface area contributed by atoms with E-state index in [-0.39, 0.29) is 39.8 Å². The van der Waals surface area contributed by atoms with Crippen molar-refractivity contribution in [3.8, 4) is 11.5 Å². The Morgan fingerprint density at radius 1 is 0.611 bits per heavy atom. The van der Waals surface area contributed by atoms with Crippen molar-refractivity contribution in [3.05, 3.63) is 106 Å². The maximum atomic E-state index is 14.6. The van der Waals surface area contributed by atoms with Crippen LogP contribution in [0.3, 0.4) is 0 Å². The molecule has 0 bridgehead atoms. The lowest BCUT2D eigenvalue weighted by atomic mass is 9.96. The number of ether oxygens (including phenoxy) is 5. The number of benzene rings is 4. The Hall–Kier alpha value is -4.65. The SMILES string of the molecule is C1CCOC1.CCc1cc2c(cc1F)N(S(=O)(=O)c1ccc(OCC3CCOCC3)c(C(C)=O)c1)[C@@H](C)CC2.CCc1cc2c(cc1F)N(S(=O)(=O)c1ccc(OCC3CCOCC3)c(CO)c1)[C@@H](C)CC2. The van der Waals surface area contributed by atoms with Gasteiger partial charge in [0.15, 0.2) is 5.78 Å². The predicted octanol–water partition coefficient (Wildman–Crippen LogP) is 9.94. The van der Waals surface area contributed by atoms with Gasteiger partial charge in [-0.1, -0.05) is 26.0 Å². The number of carbonyl (C=O) groups excluding carboxylic acids is 1. The zero-order chi connectivity index (χ0) is 51.6. The van der Waals surface area contributed by atoms with Crippen LogP contribution in [0.2, 0.25) is 0 Å². The molecule has 0 spiro atoms. The standard InChI is InChI=1S/C26H32FNO5S.C25H32FNO5S.C4H8O/c1-4-20-13-21-6-5-17(2)28(25(21)15-24(20)27)34(30,31)22-7-8-26(23(14-22)18(3)29)33-16-19-9-11-32-12-10-19;1-3-19-12-20-5-4-17(2)27(24(20)14-23(19)26)33(29,30)22-6-7-25(21(13-22)15-28)32-16-18-8-10-31-11-9-18;1-2-4-5-3-1/h7-8,13-15,17,19H,4-6,9-12,16H2,1-3H3;6-7,12-14,17-18,28H,3-5,8-11,15-16H2,1-2H3;1-4H2/t2*17-;/m00./s1. The zero-order valence-corrected chi connectivity index (χ0v) is 44.1. The molecule has 0 unspecified atom stereocenters. The van der Waals surface area contributed by atoms with E-state index in [4.69, 9.17) is 23.7 Å². The molecule has 13 nitrogen and oxygen atoms in total. The van der Waals surface area contributed by atoms with Crippen LogP contribution in [0.4, 0.5) is 20.2 Å². The third-order valence-electron chi connectivity index (χ3n) is 14.3. The Morgan fingerprint density at radius 3 is 1.46 bits per heavy atom. The highest BCUT2D eigenvalue weighted by molar-refractivity contribution is 7.93. The number of hydrogen-bond acceptors (Lipinski definition) is 11. The Labute approximate surface area is 425 Å². The van der Waals surface area contributed by atoms with Crippen LogP contribution in [-0.2, 0) is 66.5 Å². The molecule has 4 aromatic carbocycles. The van der Waals surface area contributed by atoms with Crippen LogP contribution in [0.25, 0.3) is 0 Å². The second-order valence-electron chi connectivity index (χ2n) is 19.4. The summed E-state index contributed by atoms with van der Waals surface area (Å²) in [4.78, 5) is 12.4. The van der Waals surface area contributed by atoms with Crippen LogP contribution in [-0.4, -0.2) is 92.7 Å². The highest BCUT2D eigenvalue weighted by Gasteiger charge is 2.37. The van der Waals surface area contributed by atoms with E-state index in [0.717, 1.165) is 50.0 Å². The van der Waals surface area contributed by atoms with Crippen LogP contribution >= 0.6 is 0 Å². The number of aliphatic hydroxyl groups is 1. The summed E-state index contributed by atoms with van der Waals surface area (Å²) in [6, 6.07) is 14.6. The van der Waals surface area contributed by atoms with E-state index in [2.05, 4.69) is 0 Å². The van der Waals surface area contributed by atoms with E-state index in [9.17, 15) is 35.5 Å². The molecule has 9 rings (SSSR count). The Balaban J connectivity index is 0.000000192. The molecule has 0 amide bonds. The summed E-state index contributed by atoms with van der Waals surface area (Å²) in [5.41, 5.74) is 4.25. The minimum absolute atomic E-state index is 0.00390. The van der Waals surface area contributed by atoms with Gasteiger partial charge in [0.2, 0.25) is 0 Å². The topological polar surface area (TPSA) is 158 Å². The Bertz CT molecular complexity index is 2710. The van der Waals surface area contributed by atoms with Gasteiger partial charge in [-0.2, -0.15) is 0 Å². The fourth-order valence-corrected chi connectivity index (χ4v) is 13.4. The number of nitrogens with zero attached hydrogens (tertiary/aromatic N) is 2. The van der Waals surface area contributed by atoms with Crippen molar-refractivity contribution in [3.63, 3.8) is 0 Å². The Kier molecular flexibility index (Phi) is 19.2. The molecule has 5 aliphatic heterocycles. The number of aryl methyl sites for hydroxylation is 4. The van der Waals surface area contributed by atoms with Crippen molar-refractivity contribution in [2.24, 2.45) is 11.8 Å². The third kappa shape index (κ3) is 13.0. The first-order valence-electron chi connectivity index (χ1n) is 25.7. The van der Waals surface area contributed by atoms with Gasteiger partial charge < -0.3 is 28.8 Å². The lowest BCUT2D eigenvalue weighted by molar-refractivity contribution is 0.0494. The number of carbonyl (C=O) groups is 1. The van der Waals surface area contributed by atoms with Crippen molar-refractivity contribution in [1.29, 1.82) is 0 Å². The lowest BCUT2D eigenvalue weighted by Crippen LogP contribution is -2.42. The van der Waals surface area contributed by atoms with Crippen molar-refractivity contribution in [2.45, 2.75) is 140 Å². The largest absolute Gasteiger partial charge is 0.493 e. The summed E-state index contributed by atoms with van der Waals surface area (Å²) in [5.74, 6) is 0.505. The number of aliphatic hydroxyl groups excluding tert-OH is 1. The van der Waals surface area contributed by atoms with Crippen LogP contribution in [0.5, 0.6) is 11.5 Å². The number of rotatable bonds is 14. The van der Waals surface area contributed by atoms with Gasteiger partial charge in [-0.05, 0) is 180 Å². The number of fused-ring (bicyclic) bond motifs is 2. The highest BCUT2D eigenvalue weighted by Crippen LogP contribution is 2.40. The van der Waals surface area contributed by atoms with Gasteiger partial charge in [0.1, 0.15) is 23.1 Å². The van der Waals surface area contributed by atoms with Crippen LogP contribution in [0, 0.1) is 23.5 Å². The van der Waals surface area contributed by atoms with Crippen LogP contribution in [0.15, 0.2) is 70.5 Å². The van der Waals surface area contributed by atoms with Crippen molar-refractivity contribution in [1.82, 2.24) is 0 Å². The maximum Gasteiger partial charge on any atom is 0.264 e. The van der Waals surface area contributed by atoms with Gasteiger partial charge in [-0.25, -0.2) is 25.6 Å². The van der Waals surface area contributed by atoms with E-state index in [1.165, 1.54) is 64.8 Å². The van der Waals surface area contributed by atoms with Crippen molar-refractivity contribution >= 4 is 37.2 Å². The average molecular weight is 1040 g/mol. The molecule has 17 heteroatoms. The van der Waals surface area contributed by atoms with E-state index in [1.54, 1.807) is 24.3 Å². The summed E-state index contributed by atoms with van der Waals surface area (Å²) in [6.45, 7) is 14.2. The van der Waals surface area contributed by atoms with Crippen molar-refractivity contribution < 1.29 is 59.2 Å². The molecular formula is C55H72F2N2O11S2. The van der Waals surface area contributed by atoms with E-state index in [0.29, 0.717) is 130 Å². The van der Waals surface area contributed by atoms with Gasteiger partial charge in [0, 0.05) is 57.3 Å². The fraction of sp³-hybridized carbons (Fsp3) is 0.545. The zero-order valence-electron chi connectivity index (χ0n) is 42.4. The summed E-state index contributed by atoms with van der Waals surface area (Å²) in [7, 11) is -7.99. The molecule has 3 fully saturated rings. The molecule has 3 saturated heterocycles. The number of halogens is 2. The van der Waals surface area contributed by atoms with Gasteiger partial charge in [0.05, 0.1) is 46.5 Å². The molecular weight excluding hydrogens is 967 g/mol. The van der Waals surface area contributed by atoms with Crippen molar-refractivity contribution in [2.75, 3.05) is 61.5 Å². The minimum atomic E-state index is -4.03. The van der Waals surface area contributed by atoms with Gasteiger partial charge >= 0.3 is 0 Å². The first kappa shape index (κ1) is 55.1. The molecule has 0 radical (unpaired) electrons. The maximum absolute atomic E-state index is 14.6. The number of ketones is 1. The molecule has 0 aliphatic carbocycles. The molecule has 72 heavy (non-hydrogen) atoms. The first-order valence-corrected chi connectivity index (χ1v) is 28.5. The fourth-order valence-electron chi connectivity index (χ4n) is 9.87. The summed E-state index contributed by atoms with van der Waals surface area (Å²) < 4.78 is 114. The molecule has 4 aromatic rings. The van der Waals surface area contributed by atoms with Gasteiger partial charge in [-0.3, -0.25) is 13.4 Å². The molecule has 5 aliphatic rings. The van der Waals surface area contributed by atoms with Gasteiger partial charge in [-0.15, -0.1) is 0 Å². The van der Waals surface area contributed by atoms with Gasteiger partial charge in [0.25, 0.3) is 20.0 Å². The second-order valence-corrected chi connectivity index (χ2v) is 23.1. The number of Topliss-reactive ketones (excluding diaryl/α,β-unsaturated/α-hetero) is 1. The lowest BCUT2D eigenvalue weighted by Gasteiger charge is -2.36. The summed E-state index contributed by atoms with van der Waals surface area (Å²) >= 11 is 0. The van der Waals surface area contributed by atoms with E-state index < -0.39 is 31.7 Å². The third-order valence-corrected chi connectivity index (χ3v) is 18.1. The van der Waals surface area contributed by atoms with E-state index >= 15 is 0 Å². The van der Waals surface area contributed by atoms with E-state index in [1.807, 2.05) is 27.7 Å². The van der Waals surface area contributed by atoms with Crippen LogP contribution < -0.4 is 18.1 Å². The predicted molar refractivity (Wildman–Crippen MR) is 273 cm³/mol. The summed E-state index contributed by atoms with van der Waals surface area (Å²) in [5, 5.41) is 9.90. The number of anilines is 2. The number of hydrogen-bond donors (Lipinski definition) is 1. The second kappa shape index (κ2) is 25.1. The minimum Gasteiger partial charge on any atom is -0.493 e. The molecule has 5 heterocycles. The molecule has 2 atom stereocenters. The first-order chi connectivity index (χ1) is 34.6. The summed E-state index contributed by atoms with van der Waals surface area (Å²) in [6.07, 6.45) is 9.95. The smallest absolute Gasteiger partial charge is 0.264 e. The molecule has 1 N–H and O–H groups in total. The quantitative estimate of drug-likeness (QED) is 0.120.